The molecular formula is C19H43N7O4. The Morgan fingerprint density at radius 2 is 1.53 bits per heavy atom. The maximum Gasteiger partial charge on any atom is 0.404 e. The van der Waals surface area contributed by atoms with Crippen molar-refractivity contribution in [1.82, 2.24) is 10.2 Å². The molecule has 0 aliphatic heterocycles. The number of nitrogens with one attached hydrogen (secondary N) is 1. The first-order valence-corrected chi connectivity index (χ1v) is 10.7. The summed E-state index contributed by atoms with van der Waals surface area (Å²) in [6, 6.07) is -0.384. The lowest BCUT2D eigenvalue weighted by Crippen LogP contribution is -2.47. The molecule has 0 radical (unpaired) electrons. The first-order chi connectivity index (χ1) is 14.4. The van der Waals surface area contributed by atoms with Crippen molar-refractivity contribution >= 4 is 17.9 Å². The molecule has 11 N–H and O–H groups in total. The smallest absolute Gasteiger partial charge is 0.404 e. The Bertz CT molecular complexity index is 451. The zero-order valence-corrected chi connectivity index (χ0v) is 18.4. The third-order valence-electron chi connectivity index (χ3n) is 4.10. The Kier molecular flexibility index (Phi) is 21.9. The van der Waals surface area contributed by atoms with Crippen LogP contribution in [0.2, 0.25) is 0 Å². The van der Waals surface area contributed by atoms with Gasteiger partial charge in [-0.3, -0.25) is 9.59 Å². The molecule has 11 nitrogen and oxygen atoms in total. The predicted molar refractivity (Wildman–Crippen MR) is 118 cm³/mol. The van der Waals surface area contributed by atoms with Crippen molar-refractivity contribution < 1.29 is 19.1 Å². The van der Waals surface area contributed by atoms with Gasteiger partial charge in [0.1, 0.15) is 6.61 Å². The van der Waals surface area contributed by atoms with Gasteiger partial charge < -0.3 is 43.6 Å². The fraction of sp³-hybridized carbons (Fsp3) is 0.842. The number of nitrogens with two attached hydrogens (primary N) is 5. The minimum absolute atomic E-state index is 0.0242. The lowest BCUT2D eigenvalue weighted by molar-refractivity contribution is -0.135. The summed E-state index contributed by atoms with van der Waals surface area (Å²) in [6.07, 6.45) is 5.08. The molecule has 0 aliphatic rings. The van der Waals surface area contributed by atoms with E-state index in [1.54, 1.807) is 0 Å². The Morgan fingerprint density at radius 1 is 0.933 bits per heavy atom. The second kappa shape index (κ2) is 21.8. The van der Waals surface area contributed by atoms with E-state index in [0.29, 0.717) is 32.5 Å². The van der Waals surface area contributed by atoms with Crippen LogP contribution in [0.5, 0.6) is 0 Å². The van der Waals surface area contributed by atoms with Gasteiger partial charge >= 0.3 is 6.09 Å². The van der Waals surface area contributed by atoms with Crippen LogP contribution in [0.1, 0.15) is 51.9 Å². The molecule has 0 saturated heterocycles. The zero-order chi connectivity index (χ0) is 23.2. The quantitative estimate of drug-likeness (QED) is 0.165. The van der Waals surface area contributed by atoms with E-state index >= 15 is 0 Å². The summed E-state index contributed by atoms with van der Waals surface area (Å²) in [5.74, 6) is -0.652. The van der Waals surface area contributed by atoms with E-state index in [4.69, 9.17) is 33.4 Å². The molecule has 30 heavy (non-hydrogen) atoms. The van der Waals surface area contributed by atoms with E-state index in [2.05, 4.69) is 12.2 Å². The van der Waals surface area contributed by atoms with Gasteiger partial charge in [-0.05, 0) is 51.7 Å². The van der Waals surface area contributed by atoms with Gasteiger partial charge in [-0.2, -0.15) is 0 Å². The number of primary amides is 1. The number of hydrogen-bond donors (Lipinski definition) is 6. The summed E-state index contributed by atoms with van der Waals surface area (Å²) in [4.78, 5) is 36.2. The maximum atomic E-state index is 12.2. The minimum Gasteiger partial charge on any atom is -0.448 e. The average Bonchev–Trinajstić information content (AvgIpc) is 2.71. The highest BCUT2D eigenvalue weighted by molar-refractivity contribution is 5.85. The fourth-order valence-electron chi connectivity index (χ4n) is 2.43. The van der Waals surface area contributed by atoms with Crippen LogP contribution in [-0.4, -0.2) is 74.7 Å². The van der Waals surface area contributed by atoms with Crippen molar-refractivity contribution in [3.63, 3.8) is 0 Å². The lowest BCUT2D eigenvalue weighted by atomic mass is 10.1. The van der Waals surface area contributed by atoms with Crippen molar-refractivity contribution in [2.24, 2.45) is 28.7 Å². The second-order valence-electron chi connectivity index (χ2n) is 6.84. The summed E-state index contributed by atoms with van der Waals surface area (Å²) < 4.78 is 4.77. The number of ether oxygens (including phenoxy) is 1. The minimum atomic E-state index is -0.903. The number of nitrogens with zero attached hydrogens (tertiary/aromatic N) is 1. The molecule has 0 heterocycles. The van der Waals surface area contributed by atoms with Crippen molar-refractivity contribution in [2.75, 3.05) is 45.9 Å². The predicted octanol–water partition coefficient (Wildman–Crippen LogP) is -1.03. The van der Waals surface area contributed by atoms with Gasteiger partial charge in [0.25, 0.3) is 0 Å². The molecule has 0 spiro atoms. The van der Waals surface area contributed by atoms with E-state index in [0.717, 1.165) is 25.8 Å². The number of hydrogen-bond acceptors (Lipinski definition) is 8. The van der Waals surface area contributed by atoms with Crippen LogP contribution in [0.3, 0.4) is 0 Å². The van der Waals surface area contributed by atoms with E-state index in [-0.39, 0.29) is 37.6 Å². The van der Waals surface area contributed by atoms with E-state index < -0.39 is 6.09 Å². The molecular weight excluding hydrogens is 390 g/mol. The van der Waals surface area contributed by atoms with Gasteiger partial charge in [-0.25, -0.2) is 4.79 Å². The number of carbonyl (C=O) groups excluding carboxylic acids is 3. The highest BCUT2D eigenvalue weighted by Gasteiger charge is 2.19. The molecule has 0 aromatic heterocycles. The van der Waals surface area contributed by atoms with Crippen molar-refractivity contribution in [2.45, 2.75) is 57.9 Å². The lowest BCUT2D eigenvalue weighted by Gasteiger charge is -2.24. The number of unbranched alkanes of at least 4 members (excludes halogenated alkanes) is 3. The van der Waals surface area contributed by atoms with Gasteiger partial charge in [-0.1, -0.05) is 19.8 Å². The first kappa shape index (κ1) is 30.2. The largest absolute Gasteiger partial charge is 0.448 e. The molecule has 0 fully saturated rings. The second-order valence-corrected chi connectivity index (χ2v) is 6.84. The molecule has 178 valence electrons. The van der Waals surface area contributed by atoms with E-state index in [1.807, 2.05) is 0 Å². The van der Waals surface area contributed by atoms with Gasteiger partial charge in [0, 0.05) is 6.54 Å². The Morgan fingerprint density at radius 3 is 2.00 bits per heavy atom. The van der Waals surface area contributed by atoms with Crippen LogP contribution in [0.4, 0.5) is 4.79 Å². The molecule has 1 atom stereocenters. The molecule has 0 aliphatic carbocycles. The van der Waals surface area contributed by atoms with Crippen LogP contribution < -0.4 is 34.0 Å². The van der Waals surface area contributed by atoms with Crippen LogP contribution >= 0.6 is 0 Å². The van der Waals surface area contributed by atoms with Crippen LogP contribution in [0.25, 0.3) is 0 Å². The summed E-state index contributed by atoms with van der Waals surface area (Å²) in [5, 5.41) is 2.76. The van der Waals surface area contributed by atoms with Crippen LogP contribution in [0.15, 0.2) is 0 Å². The van der Waals surface area contributed by atoms with E-state index in [1.165, 1.54) is 17.7 Å². The maximum absolute atomic E-state index is 12.2. The Labute approximate surface area is 180 Å². The fourth-order valence-corrected chi connectivity index (χ4v) is 2.43. The number of amides is 3. The third-order valence-corrected chi connectivity index (χ3v) is 4.10. The molecule has 11 heteroatoms. The molecule has 0 aromatic rings. The molecule has 0 bridgehead atoms. The molecule has 0 aromatic carbocycles. The zero-order valence-electron chi connectivity index (χ0n) is 18.4. The molecule has 0 saturated carbocycles. The monoisotopic (exact) mass is 433 g/mol. The van der Waals surface area contributed by atoms with Crippen LogP contribution in [-0.2, 0) is 14.3 Å². The molecule has 3 amide bonds. The Balaban J connectivity index is 0. The molecule has 0 rings (SSSR count). The third kappa shape index (κ3) is 19.4. The van der Waals surface area contributed by atoms with Crippen molar-refractivity contribution in [3.05, 3.63) is 0 Å². The Hall–Kier alpha value is -1.95. The summed E-state index contributed by atoms with van der Waals surface area (Å²) in [7, 11) is 0. The van der Waals surface area contributed by atoms with Crippen molar-refractivity contribution in [3.8, 4) is 0 Å². The number of rotatable bonds is 16. The van der Waals surface area contributed by atoms with Gasteiger partial charge in [0.15, 0.2) is 0 Å². The topological polar surface area (TPSA) is 206 Å². The molecule has 1 unspecified atom stereocenters. The van der Waals surface area contributed by atoms with Gasteiger partial charge in [0.2, 0.25) is 11.8 Å². The van der Waals surface area contributed by atoms with E-state index in [9.17, 15) is 14.4 Å². The first-order valence-electron chi connectivity index (χ1n) is 10.7. The average molecular weight is 434 g/mol. The summed E-state index contributed by atoms with van der Waals surface area (Å²) >= 11 is 0. The standard InChI is InChI=1S/C15H32N6O4.C4H11N/c16-6-2-1-5-12(11-25-15(19)24)20-13(22)10-21(14(23)9-18)8-4-3-7-17;1-2-3-4-5/h12H,1-11,16-18H2,(H2,19,24)(H,20,22);2-5H2,1H3. The summed E-state index contributed by atoms with van der Waals surface area (Å²) in [6.45, 7) is 4.15. The summed E-state index contributed by atoms with van der Waals surface area (Å²) in [5.41, 5.74) is 26.4. The number of carbonyl (C=O) groups is 3. The highest BCUT2D eigenvalue weighted by atomic mass is 16.5. The highest BCUT2D eigenvalue weighted by Crippen LogP contribution is 2.02. The van der Waals surface area contributed by atoms with Crippen molar-refractivity contribution in [1.29, 1.82) is 0 Å². The van der Waals surface area contributed by atoms with Gasteiger partial charge in [0.05, 0.1) is 19.1 Å². The van der Waals surface area contributed by atoms with Gasteiger partial charge in [-0.15, -0.1) is 0 Å². The normalized spacial score (nSPS) is 11.1. The SMILES string of the molecule is CCCCN.NCCCCC(COC(N)=O)NC(=O)CN(CCCCN)C(=O)CN. The van der Waals surface area contributed by atoms with Crippen LogP contribution in [0, 0.1) is 0 Å².